The van der Waals surface area contributed by atoms with Gasteiger partial charge >= 0.3 is 0 Å². The van der Waals surface area contributed by atoms with Gasteiger partial charge < -0.3 is 14.7 Å². The van der Waals surface area contributed by atoms with Crippen molar-refractivity contribution < 1.29 is 14.6 Å². The summed E-state index contributed by atoms with van der Waals surface area (Å²) in [4.78, 5) is 13.5. The maximum Gasteiger partial charge on any atom is 0.237 e. The molecule has 1 N–H and O–H groups in total. The van der Waals surface area contributed by atoms with Gasteiger partial charge in [0.05, 0.1) is 0 Å². The Balaban J connectivity index is 2.47. The molecule has 1 aromatic rings. The minimum Gasteiger partial charge on any atom is -0.507 e. The molecule has 2 rings (SSSR count). The molecule has 15 heavy (non-hydrogen) atoms. The van der Waals surface area contributed by atoms with Crippen LogP contribution in [0.1, 0.15) is 10.4 Å². The first-order chi connectivity index (χ1) is 7.09. The molecule has 0 radical (unpaired) electrons. The number of fused-ring (bicyclic) bond motifs is 1. The quantitative estimate of drug-likeness (QED) is 0.703. The van der Waals surface area contributed by atoms with E-state index in [2.05, 4.69) is 0 Å². The van der Waals surface area contributed by atoms with Crippen LogP contribution in [0.25, 0.3) is 0 Å². The summed E-state index contributed by atoms with van der Waals surface area (Å²) in [6.45, 7) is 0. The SMILES string of the molecule is CN(C)/C=C1\Oc2cccc(O)c2C1=O. The number of phenolic OH excluding ortho intramolecular Hbond substituents is 1. The van der Waals surface area contributed by atoms with E-state index in [1.807, 2.05) is 0 Å². The van der Waals surface area contributed by atoms with Gasteiger partial charge in [-0.25, -0.2) is 0 Å². The highest BCUT2D eigenvalue weighted by atomic mass is 16.5. The highest BCUT2D eigenvalue weighted by Crippen LogP contribution is 2.36. The van der Waals surface area contributed by atoms with Crippen molar-refractivity contribution in [1.82, 2.24) is 4.90 Å². The molecule has 1 heterocycles. The zero-order chi connectivity index (χ0) is 11.0. The summed E-state index contributed by atoms with van der Waals surface area (Å²) in [5.41, 5.74) is 0.241. The number of ether oxygens (including phenoxy) is 1. The van der Waals surface area contributed by atoms with Gasteiger partial charge in [-0.2, -0.15) is 0 Å². The lowest BCUT2D eigenvalue weighted by Gasteiger charge is -2.05. The van der Waals surface area contributed by atoms with Crippen LogP contribution in [0.2, 0.25) is 0 Å². The number of carbonyl (C=O) groups excluding carboxylic acids is 1. The number of benzene rings is 1. The Kier molecular flexibility index (Phi) is 2.11. The van der Waals surface area contributed by atoms with Crippen molar-refractivity contribution in [3.8, 4) is 11.5 Å². The lowest BCUT2D eigenvalue weighted by Crippen LogP contribution is -2.08. The molecule has 1 aromatic carbocycles. The van der Waals surface area contributed by atoms with Crippen molar-refractivity contribution in [3.63, 3.8) is 0 Å². The topological polar surface area (TPSA) is 49.8 Å². The molecular weight excluding hydrogens is 194 g/mol. The first kappa shape index (κ1) is 9.58. The molecule has 0 aliphatic carbocycles. The molecule has 0 bridgehead atoms. The number of aromatic hydroxyl groups is 1. The fraction of sp³-hybridized carbons (Fsp3) is 0.182. The van der Waals surface area contributed by atoms with Gasteiger partial charge in [0.25, 0.3) is 0 Å². The fourth-order valence-electron chi connectivity index (χ4n) is 1.44. The van der Waals surface area contributed by atoms with Crippen LogP contribution in [0.5, 0.6) is 11.5 Å². The lowest BCUT2D eigenvalue weighted by atomic mass is 10.1. The molecule has 1 aliphatic heterocycles. The van der Waals surface area contributed by atoms with E-state index in [1.165, 1.54) is 6.07 Å². The molecule has 0 saturated carbocycles. The van der Waals surface area contributed by atoms with Crippen molar-refractivity contribution in [2.24, 2.45) is 0 Å². The van der Waals surface area contributed by atoms with Crippen LogP contribution in [-0.2, 0) is 0 Å². The average molecular weight is 205 g/mol. The Labute approximate surface area is 87.4 Å². The van der Waals surface area contributed by atoms with E-state index in [4.69, 9.17) is 4.74 Å². The number of ketones is 1. The highest BCUT2D eigenvalue weighted by molar-refractivity contribution is 6.13. The van der Waals surface area contributed by atoms with Crippen LogP contribution < -0.4 is 4.74 Å². The number of carbonyl (C=O) groups is 1. The summed E-state index contributed by atoms with van der Waals surface area (Å²) in [6.07, 6.45) is 1.59. The Bertz CT molecular complexity index is 449. The molecule has 0 unspecified atom stereocenters. The third kappa shape index (κ3) is 1.54. The normalized spacial score (nSPS) is 16.4. The van der Waals surface area contributed by atoms with Gasteiger partial charge in [-0.3, -0.25) is 4.79 Å². The maximum absolute atomic E-state index is 11.8. The fourth-order valence-corrected chi connectivity index (χ4v) is 1.44. The van der Waals surface area contributed by atoms with E-state index >= 15 is 0 Å². The monoisotopic (exact) mass is 205 g/mol. The Morgan fingerprint density at radius 1 is 1.40 bits per heavy atom. The van der Waals surface area contributed by atoms with Crippen molar-refractivity contribution in [2.45, 2.75) is 0 Å². The molecule has 0 saturated heterocycles. The molecule has 4 nitrogen and oxygen atoms in total. The molecule has 0 aromatic heterocycles. The number of phenols is 1. The van der Waals surface area contributed by atoms with Crippen LogP contribution in [0.4, 0.5) is 0 Å². The van der Waals surface area contributed by atoms with E-state index in [9.17, 15) is 9.90 Å². The number of nitrogens with zero attached hydrogens (tertiary/aromatic N) is 1. The van der Waals surface area contributed by atoms with E-state index in [-0.39, 0.29) is 22.9 Å². The number of hydrogen-bond donors (Lipinski definition) is 1. The Morgan fingerprint density at radius 3 is 2.73 bits per heavy atom. The van der Waals surface area contributed by atoms with Gasteiger partial charge in [0, 0.05) is 20.3 Å². The summed E-state index contributed by atoms with van der Waals surface area (Å²) in [5, 5.41) is 9.51. The van der Waals surface area contributed by atoms with E-state index in [1.54, 1.807) is 37.3 Å². The molecule has 0 amide bonds. The third-order valence-corrected chi connectivity index (χ3v) is 2.05. The van der Waals surface area contributed by atoms with Gasteiger partial charge in [-0.05, 0) is 12.1 Å². The number of hydrogen-bond acceptors (Lipinski definition) is 4. The third-order valence-electron chi connectivity index (χ3n) is 2.05. The molecule has 0 atom stereocenters. The summed E-state index contributed by atoms with van der Waals surface area (Å²) in [6, 6.07) is 4.77. The van der Waals surface area contributed by atoms with Crippen molar-refractivity contribution >= 4 is 5.78 Å². The minimum atomic E-state index is -0.281. The predicted octanol–water partition coefficient (Wildman–Crippen LogP) is 1.37. The number of Topliss-reactive ketones (excluding diaryl/α,β-unsaturated/α-hetero) is 1. The molecule has 4 heteroatoms. The largest absolute Gasteiger partial charge is 0.507 e. The summed E-state index contributed by atoms with van der Waals surface area (Å²) in [5.74, 6) is 0.320. The second-order valence-corrected chi connectivity index (χ2v) is 3.54. The van der Waals surface area contributed by atoms with Gasteiger partial charge in [-0.15, -0.1) is 0 Å². The molecule has 0 spiro atoms. The molecule has 78 valence electrons. The maximum atomic E-state index is 11.8. The van der Waals surface area contributed by atoms with Crippen LogP contribution in [0.15, 0.2) is 30.2 Å². The van der Waals surface area contributed by atoms with Crippen molar-refractivity contribution in [1.29, 1.82) is 0 Å². The van der Waals surface area contributed by atoms with Gasteiger partial charge in [0.15, 0.2) is 5.76 Å². The van der Waals surface area contributed by atoms with E-state index in [0.717, 1.165) is 0 Å². The number of rotatable bonds is 1. The lowest BCUT2D eigenvalue weighted by molar-refractivity contribution is 0.101. The summed E-state index contributed by atoms with van der Waals surface area (Å²) >= 11 is 0. The van der Waals surface area contributed by atoms with E-state index < -0.39 is 0 Å². The first-order valence-corrected chi connectivity index (χ1v) is 4.52. The zero-order valence-electron chi connectivity index (χ0n) is 8.52. The predicted molar refractivity (Wildman–Crippen MR) is 54.8 cm³/mol. The van der Waals surface area contributed by atoms with Crippen LogP contribution in [0.3, 0.4) is 0 Å². The Morgan fingerprint density at radius 2 is 2.13 bits per heavy atom. The molecule has 0 fully saturated rings. The first-order valence-electron chi connectivity index (χ1n) is 4.52. The van der Waals surface area contributed by atoms with Gasteiger partial charge in [-0.1, -0.05) is 6.07 Å². The van der Waals surface area contributed by atoms with Crippen LogP contribution in [-0.4, -0.2) is 29.9 Å². The van der Waals surface area contributed by atoms with Crippen LogP contribution >= 0.6 is 0 Å². The van der Waals surface area contributed by atoms with Crippen molar-refractivity contribution in [3.05, 3.63) is 35.7 Å². The van der Waals surface area contributed by atoms with Gasteiger partial charge in [0.1, 0.15) is 17.1 Å². The van der Waals surface area contributed by atoms with Gasteiger partial charge in [0.2, 0.25) is 5.78 Å². The van der Waals surface area contributed by atoms with Crippen LogP contribution in [0, 0.1) is 0 Å². The Hall–Kier alpha value is -1.97. The zero-order valence-corrected chi connectivity index (χ0v) is 8.52. The smallest absolute Gasteiger partial charge is 0.237 e. The standard InChI is InChI=1S/C11H11NO3/c1-12(2)6-9-11(14)10-7(13)4-3-5-8(10)15-9/h3-6,13H,1-2H3/b9-6-. The summed E-state index contributed by atoms with van der Waals surface area (Å²) in [7, 11) is 3.60. The molecular formula is C11H11NO3. The average Bonchev–Trinajstić information content (AvgIpc) is 2.44. The minimum absolute atomic E-state index is 0.0420. The highest BCUT2D eigenvalue weighted by Gasteiger charge is 2.30. The second-order valence-electron chi connectivity index (χ2n) is 3.54. The summed E-state index contributed by atoms with van der Waals surface area (Å²) < 4.78 is 5.32. The molecule has 1 aliphatic rings. The number of allylic oxidation sites excluding steroid dienone is 1. The van der Waals surface area contributed by atoms with Crippen molar-refractivity contribution in [2.75, 3.05) is 14.1 Å². The second kappa shape index (κ2) is 3.31. The van der Waals surface area contributed by atoms with E-state index in [0.29, 0.717) is 5.75 Å².